The van der Waals surface area contributed by atoms with E-state index in [0.717, 1.165) is 5.56 Å². The predicted octanol–water partition coefficient (Wildman–Crippen LogP) is 2.47. The van der Waals surface area contributed by atoms with Gasteiger partial charge in [0.15, 0.2) is 5.75 Å². The number of hydrogen-bond acceptors (Lipinski definition) is 4. The van der Waals surface area contributed by atoms with E-state index in [1.807, 2.05) is 19.1 Å². The summed E-state index contributed by atoms with van der Waals surface area (Å²) in [5.74, 6) is -0.00213. The highest BCUT2D eigenvalue weighted by atomic mass is 16.5. The first-order valence-electron chi connectivity index (χ1n) is 7.24. The summed E-state index contributed by atoms with van der Waals surface area (Å²) in [4.78, 5) is 23.8. The van der Waals surface area contributed by atoms with Gasteiger partial charge in [-0.15, -0.1) is 0 Å². The maximum atomic E-state index is 12.2. The fourth-order valence-electron chi connectivity index (χ4n) is 2.06. The second-order valence-electron chi connectivity index (χ2n) is 4.66. The van der Waals surface area contributed by atoms with Gasteiger partial charge in [-0.3, -0.25) is 4.79 Å². The third-order valence-electron chi connectivity index (χ3n) is 3.10. The molecule has 0 amide bonds. The average molecular weight is 301 g/mol. The summed E-state index contributed by atoms with van der Waals surface area (Å²) in [6.45, 7) is 4.82. The Morgan fingerprint density at radius 2 is 1.82 bits per heavy atom. The van der Waals surface area contributed by atoms with Crippen molar-refractivity contribution in [2.24, 2.45) is 0 Å². The zero-order valence-corrected chi connectivity index (χ0v) is 12.7. The lowest BCUT2D eigenvalue weighted by molar-refractivity contribution is 0.0526. The summed E-state index contributed by atoms with van der Waals surface area (Å²) in [5, 5.41) is 0. The molecular weight excluding hydrogens is 282 g/mol. The van der Waals surface area contributed by atoms with Crippen LogP contribution in [0.25, 0.3) is 0 Å². The van der Waals surface area contributed by atoms with E-state index >= 15 is 0 Å². The minimum absolute atomic E-state index is 0.168. The van der Waals surface area contributed by atoms with Crippen molar-refractivity contribution in [3.8, 4) is 5.75 Å². The Kier molecular flexibility index (Phi) is 5.36. The van der Waals surface area contributed by atoms with Crippen LogP contribution in [0.4, 0.5) is 0 Å². The fourth-order valence-corrected chi connectivity index (χ4v) is 2.06. The highest BCUT2D eigenvalue weighted by molar-refractivity contribution is 5.89. The number of ether oxygens (including phenoxy) is 2. The van der Waals surface area contributed by atoms with E-state index in [1.165, 1.54) is 0 Å². The Hall–Kier alpha value is -2.56. The van der Waals surface area contributed by atoms with Gasteiger partial charge in [0.2, 0.25) is 0 Å². The van der Waals surface area contributed by atoms with Crippen LogP contribution in [-0.4, -0.2) is 23.8 Å². The van der Waals surface area contributed by atoms with Gasteiger partial charge in [0, 0.05) is 6.20 Å². The summed E-state index contributed by atoms with van der Waals surface area (Å²) in [7, 11) is 0. The Morgan fingerprint density at radius 1 is 1.09 bits per heavy atom. The molecule has 2 rings (SSSR count). The van der Waals surface area contributed by atoms with Gasteiger partial charge in [0.25, 0.3) is 5.56 Å². The smallest absolute Gasteiger partial charge is 0.338 e. The van der Waals surface area contributed by atoms with E-state index in [0.29, 0.717) is 31.1 Å². The summed E-state index contributed by atoms with van der Waals surface area (Å²) in [5.41, 5.74) is 1.25. The van der Waals surface area contributed by atoms with Gasteiger partial charge in [0.1, 0.15) is 0 Å². The van der Waals surface area contributed by atoms with Gasteiger partial charge in [-0.05, 0) is 43.7 Å². The van der Waals surface area contributed by atoms with E-state index in [-0.39, 0.29) is 11.5 Å². The Balaban J connectivity index is 2.16. The summed E-state index contributed by atoms with van der Waals surface area (Å²) < 4.78 is 11.8. The third-order valence-corrected chi connectivity index (χ3v) is 3.10. The van der Waals surface area contributed by atoms with Crippen LogP contribution in [0.1, 0.15) is 29.8 Å². The van der Waals surface area contributed by atoms with Crippen LogP contribution in [0.2, 0.25) is 0 Å². The minimum atomic E-state index is -0.343. The first-order valence-corrected chi connectivity index (χ1v) is 7.24. The van der Waals surface area contributed by atoms with Crippen LogP contribution in [0.15, 0.2) is 47.4 Å². The third kappa shape index (κ3) is 3.75. The molecule has 2 aromatic rings. The Morgan fingerprint density at radius 3 is 2.45 bits per heavy atom. The van der Waals surface area contributed by atoms with Crippen molar-refractivity contribution in [2.45, 2.75) is 20.4 Å². The normalized spacial score (nSPS) is 10.3. The van der Waals surface area contributed by atoms with Gasteiger partial charge < -0.3 is 14.0 Å². The summed E-state index contributed by atoms with van der Waals surface area (Å²) in [6, 6.07) is 10.5. The van der Waals surface area contributed by atoms with Crippen LogP contribution < -0.4 is 10.3 Å². The van der Waals surface area contributed by atoms with Crippen LogP contribution in [-0.2, 0) is 11.3 Å². The number of carbonyl (C=O) groups excluding carboxylic acids is 1. The van der Waals surface area contributed by atoms with Crippen molar-refractivity contribution in [3.63, 3.8) is 0 Å². The molecule has 0 N–H and O–H groups in total. The van der Waals surface area contributed by atoms with E-state index in [9.17, 15) is 9.59 Å². The highest BCUT2D eigenvalue weighted by Crippen LogP contribution is 2.08. The van der Waals surface area contributed by atoms with Crippen LogP contribution >= 0.6 is 0 Å². The zero-order chi connectivity index (χ0) is 15.9. The summed E-state index contributed by atoms with van der Waals surface area (Å²) >= 11 is 0. The monoisotopic (exact) mass is 301 g/mol. The van der Waals surface area contributed by atoms with Gasteiger partial charge in [-0.2, -0.15) is 0 Å². The van der Waals surface area contributed by atoms with E-state index in [2.05, 4.69) is 0 Å². The van der Waals surface area contributed by atoms with Crippen molar-refractivity contribution >= 4 is 5.97 Å². The lowest BCUT2D eigenvalue weighted by Crippen LogP contribution is -2.21. The first-order chi connectivity index (χ1) is 10.7. The molecular formula is C17H19NO4. The molecule has 0 bridgehead atoms. The number of esters is 1. The molecule has 0 radical (unpaired) electrons. The lowest BCUT2D eigenvalue weighted by Gasteiger charge is -2.09. The number of nitrogens with zero attached hydrogens (tertiary/aromatic N) is 1. The highest BCUT2D eigenvalue weighted by Gasteiger charge is 2.07. The molecule has 0 saturated carbocycles. The standard InChI is InChI=1S/C17H19NO4/c1-3-21-15-6-5-11-18(16(15)19)12-13-7-9-14(10-8-13)17(20)22-4-2/h5-11H,3-4,12H2,1-2H3. The second-order valence-corrected chi connectivity index (χ2v) is 4.66. The van der Waals surface area contributed by atoms with Gasteiger partial charge in [0.05, 0.1) is 25.3 Å². The number of hydrogen-bond donors (Lipinski definition) is 0. The number of rotatable bonds is 6. The SMILES string of the molecule is CCOC(=O)c1ccc(Cn2cccc(OCC)c2=O)cc1. The molecule has 1 aromatic carbocycles. The molecule has 0 aliphatic heterocycles. The van der Waals surface area contributed by atoms with Gasteiger partial charge >= 0.3 is 5.97 Å². The van der Waals surface area contributed by atoms with E-state index in [1.54, 1.807) is 42.0 Å². The molecule has 116 valence electrons. The largest absolute Gasteiger partial charge is 0.488 e. The molecule has 0 atom stereocenters. The maximum Gasteiger partial charge on any atom is 0.338 e. The van der Waals surface area contributed by atoms with Crippen molar-refractivity contribution in [3.05, 3.63) is 64.1 Å². The quantitative estimate of drug-likeness (QED) is 0.769. The molecule has 22 heavy (non-hydrogen) atoms. The van der Waals surface area contributed by atoms with Gasteiger partial charge in [-0.25, -0.2) is 4.79 Å². The number of aromatic nitrogens is 1. The van der Waals surface area contributed by atoms with Crippen LogP contribution in [0.3, 0.4) is 0 Å². The molecule has 0 fully saturated rings. The van der Waals surface area contributed by atoms with Crippen molar-refractivity contribution in [1.82, 2.24) is 4.57 Å². The fraction of sp³-hybridized carbons (Fsp3) is 0.294. The Bertz CT molecular complexity index is 689. The molecule has 1 heterocycles. The molecule has 5 heteroatoms. The molecule has 0 unspecified atom stereocenters. The topological polar surface area (TPSA) is 57.5 Å². The van der Waals surface area contributed by atoms with Crippen molar-refractivity contribution < 1.29 is 14.3 Å². The minimum Gasteiger partial charge on any atom is -0.488 e. The number of carbonyl (C=O) groups is 1. The van der Waals surface area contributed by atoms with Crippen LogP contribution in [0, 0.1) is 0 Å². The molecule has 0 aliphatic carbocycles. The number of benzene rings is 1. The molecule has 0 aliphatic rings. The molecule has 5 nitrogen and oxygen atoms in total. The second kappa shape index (κ2) is 7.45. The van der Waals surface area contributed by atoms with Crippen LogP contribution in [0.5, 0.6) is 5.75 Å². The predicted molar refractivity (Wildman–Crippen MR) is 83.4 cm³/mol. The number of pyridine rings is 1. The van der Waals surface area contributed by atoms with E-state index in [4.69, 9.17) is 9.47 Å². The zero-order valence-electron chi connectivity index (χ0n) is 12.7. The molecule has 0 saturated heterocycles. The molecule has 0 spiro atoms. The van der Waals surface area contributed by atoms with E-state index < -0.39 is 0 Å². The molecule has 1 aromatic heterocycles. The van der Waals surface area contributed by atoms with Gasteiger partial charge in [-0.1, -0.05) is 12.1 Å². The Labute approximate surface area is 129 Å². The lowest BCUT2D eigenvalue weighted by atomic mass is 10.1. The maximum absolute atomic E-state index is 12.2. The summed E-state index contributed by atoms with van der Waals surface area (Å²) in [6.07, 6.45) is 1.71. The van der Waals surface area contributed by atoms with Crippen molar-refractivity contribution in [1.29, 1.82) is 0 Å². The van der Waals surface area contributed by atoms with Crippen molar-refractivity contribution in [2.75, 3.05) is 13.2 Å². The first kappa shape index (κ1) is 15.8. The average Bonchev–Trinajstić information content (AvgIpc) is 2.52.